The molecule has 0 fully saturated rings. The smallest absolute Gasteiger partial charge is 0.185 e. The number of pyridine rings is 1. The molecule has 6 nitrogen and oxygen atoms in total. The second kappa shape index (κ2) is 4.82. The molecule has 0 aliphatic heterocycles. The summed E-state index contributed by atoms with van der Waals surface area (Å²) in [5.74, 6) is 0.807. The number of nitrogens with one attached hydrogen (secondary N) is 1. The first-order chi connectivity index (χ1) is 10.4. The van der Waals surface area contributed by atoms with E-state index < -0.39 is 0 Å². The van der Waals surface area contributed by atoms with E-state index in [9.17, 15) is 0 Å². The summed E-state index contributed by atoms with van der Waals surface area (Å²) in [5, 5.41) is 18.0. The number of rotatable bonds is 3. The maximum atomic E-state index is 4.54. The van der Waals surface area contributed by atoms with E-state index in [1.54, 1.807) is 17.0 Å². The highest BCUT2D eigenvalue weighted by Crippen LogP contribution is 2.24. The lowest BCUT2D eigenvalue weighted by atomic mass is 10.2. The predicted octanol–water partition coefficient (Wildman–Crippen LogP) is 2.28. The number of hydrogen-bond acceptors (Lipinski definition) is 5. The quantitative estimate of drug-likeness (QED) is 0.621. The Hall–Kier alpha value is -3.02. The van der Waals surface area contributed by atoms with E-state index in [4.69, 9.17) is 0 Å². The lowest BCUT2D eigenvalue weighted by Crippen LogP contribution is -2.05. The molecule has 0 spiro atoms. The Kier molecular flexibility index (Phi) is 2.71. The van der Waals surface area contributed by atoms with E-state index in [1.807, 2.05) is 42.6 Å². The minimum absolute atomic E-state index is 0.665. The fraction of sp³-hybridized carbons (Fsp3) is 0.0667. The van der Waals surface area contributed by atoms with Crippen LogP contribution in [0, 0.1) is 0 Å². The molecular formula is C15H12N6. The van der Waals surface area contributed by atoms with Gasteiger partial charge in [-0.25, -0.2) is 0 Å². The molecule has 21 heavy (non-hydrogen) atoms. The third-order valence-electron chi connectivity index (χ3n) is 3.34. The second-order valence-electron chi connectivity index (χ2n) is 4.71. The van der Waals surface area contributed by atoms with E-state index in [0.717, 1.165) is 27.8 Å². The molecule has 4 aromatic rings. The minimum atomic E-state index is 0.665. The van der Waals surface area contributed by atoms with Crippen molar-refractivity contribution in [3.05, 3.63) is 60.7 Å². The van der Waals surface area contributed by atoms with E-state index in [-0.39, 0.29) is 0 Å². The zero-order valence-corrected chi connectivity index (χ0v) is 11.1. The van der Waals surface area contributed by atoms with Gasteiger partial charge in [-0.3, -0.25) is 4.98 Å². The van der Waals surface area contributed by atoms with E-state index in [0.29, 0.717) is 6.54 Å². The van der Waals surface area contributed by atoms with Gasteiger partial charge in [0.1, 0.15) is 6.33 Å². The van der Waals surface area contributed by atoms with Gasteiger partial charge >= 0.3 is 0 Å². The molecule has 3 aromatic heterocycles. The van der Waals surface area contributed by atoms with Crippen molar-refractivity contribution in [2.75, 3.05) is 5.32 Å². The summed E-state index contributed by atoms with van der Waals surface area (Å²) < 4.78 is 1.69. The topological polar surface area (TPSA) is 68.0 Å². The van der Waals surface area contributed by atoms with Crippen molar-refractivity contribution in [3.63, 3.8) is 0 Å². The summed E-state index contributed by atoms with van der Waals surface area (Å²) in [6, 6.07) is 12.0. The maximum Gasteiger partial charge on any atom is 0.185 e. The molecule has 3 heterocycles. The Bertz CT molecular complexity index is 900. The summed E-state index contributed by atoms with van der Waals surface area (Å²) >= 11 is 0. The zero-order valence-electron chi connectivity index (χ0n) is 11.1. The summed E-state index contributed by atoms with van der Waals surface area (Å²) in [7, 11) is 0. The van der Waals surface area contributed by atoms with Crippen LogP contribution in [0.25, 0.3) is 16.4 Å². The van der Waals surface area contributed by atoms with Gasteiger partial charge < -0.3 is 5.32 Å². The molecule has 0 atom stereocenters. The number of hydrogen-bond donors (Lipinski definition) is 1. The number of fused-ring (bicyclic) bond motifs is 3. The summed E-state index contributed by atoms with van der Waals surface area (Å²) in [6.07, 6.45) is 5.21. The second-order valence-corrected chi connectivity index (χ2v) is 4.71. The first-order valence-electron chi connectivity index (χ1n) is 6.63. The van der Waals surface area contributed by atoms with Crippen molar-refractivity contribution in [2.24, 2.45) is 0 Å². The highest BCUT2D eigenvalue weighted by Gasteiger charge is 2.09. The van der Waals surface area contributed by atoms with E-state index >= 15 is 0 Å². The minimum Gasteiger partial charge on any atom is -0.364 e. The van der Waals surface area contributed by atoms with Gasteiger partial charge in [-0.1, -0.05) is 30.3 Å². The van der Waals surface area contributed by atoms with Crippen molar-refractivity contribution < 1.29 is 0 Å². The van der Waals surface area contributed by atoms with Gasteiger partial charge in [0.15, 0.2) is 11.5 Å². The molecule has 4 rings (SSSR count). The Morgan fingerprint density at radius 2 is 1.95 bits per heavy atom. The van der Waals surface area contributed by atoms with Crippen LogP contribution in [0.2, 0.25) is 0 Å². The van der Waals surface area contributed by atoms with Crippen LogP contribution >= 0.6 is 0 Å². The molecule has 0 aliphatic carbocycles. The van der Waals surface area contributed by atoms with Crippen molar-refractivity contribution in [3.8, 4) is 0 Å². The molecule has 0 saturated heterocycles. The molecule has 6 heteroatoms. The first kappa shape index (κ1) is 11.8. The maximum absolute atomic E-state index is 4.54. The number of anilines is 1. The van der Waals surface area contributed by atoms with Crippen LogP contribution in [-0.4, -0.2) is 24.8 Å². The van der Waals surface area contributed by atoms with E-state index in [1.165, 1.54) is 0 Å². The highest BCUT2D eigenvalue weighted by molar-refractivity contribution is 5.99. The van der Waals surface area contributed by atoms with Crippen LogP contribution in [0.5, 0.6) is 0 Å². The van der Waals surface area contributed by atoms with Crippen molar-refractivity contribution in [2.45, 2.75) is 6.54 Å². The molecule has 0 radical (unpaired) electrons. The number of aromatic nitrogens is 5. The third-order valence-corrected chi connectivity index (χ3v) is 3.34. The predicted molar refractivity (Wildman–Crippen MR) is 79.9 cm³/mol. The van der Waals surface area contributed by atoms with Crippen LogP contribution in [0.1, 0.15) is 5.56 Å². The molecule has 0 aliphatic rings. The van der Waals surface area contributed by atoms with Crippen LogP contribution in [0.3, 0.4) is 0 Å². The summed E-state index contributed by atoms with van der Waals surface area (Å²) in [4.78, 5) is 4.12. The molecule has 0 bridgehead atoms. The van der Waals surface area contributed by atoms with Crippen LogP contribution in [-0.2, 0) is 6.54 Å². The van der Waals surface area contributed by atoms with Crippen molar-refractivity contribution in [1.82, 2.24) is 24.8 Å². The lowest BCUT2D eigenvalue weighted by molar-refractivity contribution is 0.926. The van der Waals surface area contributed by atoms with Crippen LogP contribution in [0.4, 0.5) is 5.82 Å². The van der Waals surface area contributed by atoms with Gasteiger partial charge in [-0.05, 0) is 11.6 Å². The highest BCUT2D eigenvalue weighted by atomic mass is 15.4. The van der Waals surface area contributed by atoms with Gasteiger partial charge in [0.25, 0.3) is 0 Å². The molecule has 0 amide bonds. The fourth-order valence-corrected chi connectivity index (χ4v) is 2.35. The first-order valence-corrected chi connectivity index (χ1v) is 6.63. The standard InChI is InChI=1S/C15H12N6/c1-2-6-13-12(5-1)14(20-21-10-18-19-15(13)21)17-9-11-4-3-7-16-8-11/h1-8,10H,9H2,(H,17,20). The fourth-order valence-electron chi connectivity index (χ4n) is 2.35. The number of nitrogens with zero attached hydrogens (tertiary/aromatic N) is 5. The monoisotopic (exact) mass is 276 g/mol. The Balaban J connectivity index is 1.79. The van der Waals surface area contributed by atoms with Crippen LogP contribution < -0.4 is 5.32 Å². The van der Waals surface area contributed by atoms with Crippen LogP contribution in [0.15, 0.2) is 55.1 Å². The average molecular weight is 276 g/mol. The Morgan fingerprint density at radius 3 is 2.81 bits per heavy atom. The van der Waals surface area contributed by atoms with Gasteiger partial charge in [-0.15, -0.1) is 15.3 Å². The third kappa shape index (κ3) is 2.06. The molecular weight excluding hydrogens is 264 g/mol. The normalized spacial score (nSPS) is 11.0. The molecule has 1 aromatic carbocycles. The van der Waals surface area contributed by atoms with Gasteiger partial charge in [0, 0.05) is 29.7 Å². The van der Waals surface area contributed by atoms with E-state index in [2.05, 4.69) is 25.6 Å². The Labute approximate surface area is 120 Å². The largest absolute Gasteiger partial charge is 0.364 e. The molecule has 102 valence electrons. The molecule has 1 N–H and O–H groups in total. The van der Waals surface area contributed by atoms with Gasteiger partial charge in [0.2, 0.25) is 0 Å². The zero-order chi connectivity index (χ0) is 14.1. The average Bonchev–Trinajstić information content (AvgIpc) is 3.02. The summed E-state index contributed by atoms with van der Waals surface area (Å²) in [6.45, 7) is 0.665. The van der Waals surface area contributed by atoms with Crippen molar-refractivity contribution in [1.29, 1.82) is 0 Å². The molecule has 0 saturated carbocycles. The van der Waals surface area contributed by atoms with Gasteiger partial charge in [-0.2, -0.15) is 4.52 Å². The summed E-state index contributed by atoms with van der Waals surface area (Å²) in [5.41, 5.74) is 1.87. The Morgan fingerprint density at radius 1 is 1.05 bits per heavy atom. The lowest BCUT2D eigenvalue weighted by Gasteiger charge is -2.09. The van der Waals surface area contributed by atoms with Crippen molar-refractivity contribution >= 4 is 22.2 Å². The SMILES string of the molecule is c1cncc(CNc2nn3cnnc3c3ccccc23)c1. The number of benzene rings is 1. The van der Waals surface area contributed by atoms with Gasteiger partial charge in [0.05, 0.1) is 0 Å². The molecule has 0 unspecified atom stereocenters.